The summed E-state index contributed by atoms with van der Waals surface area (Å²) >= 11 is 7.73. The van der Waals surface area contributed by atoms with Crippen LogP contribution in [0.2, 0.25) is 5.02 Å². The van der Waals surface area contributed by atoms with Gasteiger partial charge in [-0.25, -0.2) is 0 Å². The Kier molecular flexibility index (Phi) is 8.65. The van der Waals surface area contributed by atoms with Crippen molar-refractivity contribution in [1.82, 2.24) is 5.32 Å². The van der Waals surface area contributed by atoms with Gasteiger partial charge in [-0.2, -0.15) is 11.8 Å². The van der Waals surface area contributed by atoms with Gasteiger partial charge in [0.05, 0.1) is 7.11 Å². The van der Waals surface area contributed by atoms with Crippen LogP contribution >= 0.6 is 23.4 Å². The minimum absolute atomic E-state index is 0.0910. The number of carbonyl (C=O) groups is 1. The summed E-state index contributed by atoms with van der Waals surface area (Å²) in [5, 5.41) is 3.69. The van der Waals surface area contributed by atoms with Crippen molar-refractivity contribution in [2.24, 2.45) is 0 Å². The van der Waals surface area contributed by atoms with Crippen molar-refractivity contribution in [3.8, 4) is 11.5 Å². The van der Waals surface area contributed by atoms with E-state index in [-0.39, 0.29) is 5.91 Å². The molecule has 0 heterocycles. The molecule has 0 saturated carbocycles. The lowest BCUT2D eigenvalue weighted by Gasteiger charge is -2.17. The molecule has 0 fully saturated rings. The molecule has 0 aliphatic rings. The van der Waals surface area contributed by atoms with E-state index in [9.17, 15) is 4.79 Å². The van der Waals surface area contributed by atoms with Crippen LogP contribution in [-0.4, -0.2) is 31.4 Å². The van der Waals surface area contributed by atoms with E-state index in [2.05, 4.69) is 5.32 Å². The maximum Gasteiger partial charge on any atom is 0.261 e. The Labute approximate surface area is 164 Å². The highest BCUT2D eigenvalue weighted by atomic mass is 35.5. The molecule has 0 aliphatic heterocycles. The minimum Gasteiger partial charge on any atom is -0.497 e. The van der Waals surface area contributed by atoms with E-state index in [0.717, 1.165) is 22.3 Å². The number of rotatable bonds is 10. The van der Waals surface area contributed by atoms with E-state index in [4.69, 9.17) is 21.1 Å². The summed E-state index contributed by atoms with van der Waals surface area (Å²) in [6.07, 6.45) is 0.106. The second-order valence-electron chi connectivity index (χ2n) is 5.66. The first kappa shape index (κ1) is 20.5. The van der Waals surface area contributed by atoms with Gasteiger partial charge in [0.2, 0.25) is 0 Å². The molecule has 2 aromatic rings. The van der Waals surface area contributed by atoms with Crippen molar-refractivity contribution < 1.29 is 14.3 Å². The van der Waals surface area contributed by atoms with Crippen molar-refractivity contribution in [1.29, 1.82) is 0 Å². The Balaban J connectivity index is 1.70. The molecule has 0 aromatic heterocycles. The fraction of sp³-hybridized carbons (Fsp3) is 0.350. The van der Waals surface area contributed by atoms with E-state index in [1.807, 2.05) is 43.3 Å². The number of thioether (sulfide) groups is 1. The summed E-state index contributed by atoms with van der Waals surface area (Å²) in [7, 11) is 1.61. The van der Waals surface area contributed by atoms with Gasteiger partial charge >= 0.3 is 0 Å². The lowest BCUT2D eigenvalue weighted by molar-refractivity contribution is -0.127. The van der Waals surface area contributed by atoms with Crippen molar-refractivity contribution in [3.05, 3.63) is 59.1 Å². The van der Waals surface area contributed by atoms with E-state index in [1.165, 1.54) is 5.56 Å². The van der Waals surface area contributed by atoms with E-state index >= 15 is 0 Å². The third kappa shape index (κ3) is 6.81. The number of amides is 1. The molecule has 4 nitrogen and oxygen atoms in total. The van der Waals surface area contributed by atoms with Crippen LogP contribution in [0.25, 0.3) is 0 Å². The first-order chi connectivity index (χ1) is 12.6. The second-order valence-corrected chi connectivity index (χ2v) is 7.21. The second kappa shape index (κ2) is 11.0. The van der Waals surface area contributed by atoms with Crippen molar-refractivity contribution >= 4 is 29.3 Å². The number of halogens is 1. The smallest absolute Gasteiger partial charge is 0.261 e. The molecular weight excluding hydrogens is 370 g/mol. The Bertz CT molecular complexity index is 694. The van der Waals surface area contributed by atoms with Gasteiger partial charge in [0.15, 0.2) is 6.10 Å². The molecule has 1 N–H and O–H groups in total. The zero-order valence-corrected chi connectivity index (χ0v) is 16.6. The first-order valence-corrected chi connectivity index (χ1v) is 10.1. The van der Waals surface area contributed by atoms with Crippen LogP contribution in [-0.2, 0) is 10.5 Å². The zero-order chi connectivity index (χ0) is 18.8. The van der Waals surface area contributed by atoms with Gasteiger partial charge in [0.1, 0.15) is 11.5 Å². The molecule has 26 heavy (non-hydrogen) atoms. The van der Waals surface area contributed by atoms with Crippen LogP contribution in [0, 0.1) is 0 Å². The first-order valence-electron chi connectivity index (χ1n) is 8.53. The van der Waals surface area contributed by atoms with Crippen LogP contribution < -0.4 is 14.8 Å². The predicted octanol–water partition coefficient (Wildman–Crippen LogP) is 4.56. The van der Waals surface area contributed by atoms with E-state index < -0.39 is 6.10 Å². The largest absolute Gasteiger partial charge is 0.497 e. The van der Waals surface area contributed by atoms with Crippen LogP contribution in [0.5, 0.6) is 11.5 Å². The lowest BCUT2D eigenvalue weighted by Crippen LogP contribution is -2.39. The van der Waals surface area contributed by atoms with Gasteiger partial charge in [-0.1, -0.05) is 30.7 Å². The monoisotopic (exact) mass is 393 g/mol. The number of nitrogens with one attached hydrogen (secondary N) is 1. The molecular formula is C20H24ClNO3S. The minimum atomic E-state index is -0.499. The standard InChI is InChI=1S/C20H24ClNO3S/c1-3-19(25-18-9-7-17(24-2)8-10-18)20(23)22-11-12-26-14-15-5-4-6-16(21)13-15/h4-10,13,19H,3,11-12,14H2,1-2H3,(H,22,23)/t19-/m1/s1. The number of ether oxygens (including phenoxy) is 2. The molecule has 6 heteroatoms. The van der Waals surface area contributed by atoms with Gasteiger partial charge in [-0.15, -0.1) is 0 Å². The van der Waals surface area contributed by atoms with Crippen molar-refractivity contribution in [2.75, 3.05) is 19.4 Å². The quantitative estimate of drug-likeness (QED) is 0.601. The Morgan fingerprint density at radius 2 is 1.92 bits per heavy atom. The van der Waals surface area contributed by atoms with Crippen molar-refractivity contribution in [3.63, 3.8) is 0 Å². The average molecular weight is 394 g/mol. The van der Waals surface area contributed by atoms with Gasteiger partial charge in [0.25, 0.3) is 5.91 Å². The third-order valence-corrected chi connectivity index (χ3v) is 4.97. The van der Waals surface area contributed by atoms with Gasteiger partial charge < -0.3 is 14.8 Å². The molecule has 0 spiro atoms. The summed E-state index contributed by atoms with van der Waals surface area (Å²) in [5.74, 6) is 3.02. The highest BCUT2D eigenvalue weighted by Crippen LogP contribution is 2.19. The maximum absolute atomic E-state index is 12.3. The SMILES string of the molecule is CC[C@@H](Oc1ccc(OC)cc1)C(=O)NCCSCc1cccc(Cl)c1. The summed E-state index contributed by atoms with van der Waals surface area (Å²) < 4.78 is 10.9. The molecule has 2 aromatic carbocycles. The summed E-state index contributed by atoms with van der Waals surface area (Å²) in [4.78, 5) is 12.3. The van der Waals surface area contributed by atoms with Crippen LogP contribution in [0.4, 0.5) is 0 Å². The van der Waals surface area contributed by atoms with Crippen LogP contribution in [0.3, 0.4) is 0 Å². The highest BCUT2D eigenvalue weighted by Gasteiger charge is 2.17. The summed E-state index contributed by atoms with van der Waals surface area (Å²) in [6.45, 7) is 2.54. The molecule has 0 aliphatic carbocycles. The zero-order valence-electron chi connectivity index (χ0n) is 15.0. The third-order valence-electron chi connectivity index (χ3n) is 3.70. The topological polar surface area (TPSA) is 47.6 Å². The Morgan fingerprint density at radius 3 is 2.58 bits per heavy atom. The molecule has 0 radical (unpaired) electrons. The van der Waals surface area contributed by atoms with Gasteiger partial charge in [0, 0.05) is 23.1 Å². The number of hydrogen-bond donors (Lipinski definition) is 1. The molecule has 1 atom stereocenters. The summed E-state index contributed by atoms with van der Waals surface area (Å²) in [6, 6.07) is 15.0. The lowest BCUT2D eigenvalue weighted by atomic mass is 10.2. The number of methoxy groups -OCH3 is 1. The van der Waals surface area contributed by atoms with Crippen LogP contribution in [0.15, 0.2) is 48.5 Å². The molecule has 1 amide bonds. The molecule has 2 rings (SSSR count). The normalized spacial score (nSPS) is 11.7. The fourth-order valence-electron chi connectivity index (χ4n) is 2.32. The molecule has 140 valence electrons. The van der Waals surface area contributed by atoms with Gasteiger partial charge in [-0.3, -0.25) is 4.79 Å². The average Bonchev–Trinajstić information content (AvgIpc) is 2.66. The molecule has 0 saturated heterocycles. The fourth-order valence-corrected chi connectivity index (χ4v) is 3.34. The summed E-state index contributed by atoms with van der Waals surface area (Å²) in [5.41, 5.74) is 1.18. The highest BCUT2D eigenvalue weighted by molar-refractivity contribution is 7.98. The number of hydrogen-bond acceptors (Lipinski definition) is 4. The number of carbonyl (C=O) groups excluding carboxylic acids is 1. The Hall–Kier alpha value is -1.85. The van der Waals surface area contributed by atoms with E-state index in [1.54, 1.807) is 31.0 Å². The molecule has 0 unspecified atom stereocenters. The Morgan fingerprint density at radius 1 is 1.19 bits per heavy atom. The van der Waals surface area contributed by atoms with Crippen LogP contribution in [0.1, 0.15) is 18.9 Å². The molecule has 0 bridgehead atoms. The number of benzene rings is 2. The van der Waals surface area contributed by atoms with E-state index in [0.29, 0.717) is 18.7 Å². The maximum atomic E-state index is 12.3. The van der Waals surface area contributed by atoms with Gasteiger partial charge in [-0.05, 0) is 48.4 Å². The predicted molar refractivity (Wildman–Crippen MR) is 108 cm³/mol. The van der Waals surface area contributed by atoms with Crippen molar-refractivity contribution in [2.45, 2.75) is 25.2 Å².